The first-order chi connectivity index (χ1) is 44.1. The highest BCUT2D eigenvalue weighted by Crippen LogP contribution is 2.30. The van der Waals surface area contributed by atoms with Gasteiger partial charge in [0.1, 0.15) is 48.8 Å². The summed E-state index contributed by atoms with van der Waals surface area (Å²) in [6.45, 7) is 2.72. The molecule has 2 saturated heterocycles. The number of hydrogen-bond donors (Lipinski definition) is 9. The minimum atomic E-state index is -1.79. The van der Waals surface area contributed by atoms with E-state index in [1.807, 2.05) is 6.08 Å². The molecule has 2 aliphatic rings. The van der Waals surface area contributed by atoms with Gasteiger partial charge in [0.05, 0.1) is 32.0 Å². The monoisotopic (exact) mass is 1270 g/mol. The van der Waals surface area contributed by atoms with E-state index >= 15 is 0 Å². The van der Waals surface area contributed by atoms with Crippen molar-refractivity contribution < 1.29 is 64.6 Å². The van der Waals surface area contributed by atoms with Gasteiger partial charge >= 0.3 is 0 Å². The molecule has 0 saturated carbocycles. The third-order valence-corrected chi connectivity index (χ3v) is 17.6. The molecule has 522 valence electrons. The normalized spacial score (nSPS) is 23.4. The molecule has 0 spiro atoms. The fourth-order valence-corrected chi connectivity index (χ4v) is 11.8. The Morgan fingerprint density at radius 2 is 0.767 bits per heavy atom. The van der Waals surface area contributed by atoms with E-state index in [0.717, 1.165) is 77.0 Å². The molecule has 90 heavy (non-hydrogen) atoms. The van der Waals surface area contributed by atoms with Crippen molar-refractivity contribution in [3.63, 3.8) is 0 Å². The van der Waals surface area contributed by atoms with Crippen molar-refractivity contribution >= 4 is 5.91 Å². The van der Waals surface area contributed by atoms with E-state index in [1.54, 1.807) is 6.08 Å². The molecule has 12 atom stereocenters. The van der Waals surface area contributed by atoms with Crippen molar-refractivity contribution in [2.45, 2.75) is 370 Å². The second-order valence-corrected chi connectivity index (χ2v) is 25.7. The first kappa shape index (κ1) is 83.3. The van der Waals surface area contributed by atoms with Crippen LogP contribution < -0.4 is 5.32 Å². The van der Waals surface area contributed by atoms with Gasteiger partial charge in [0.2, 0.25) is 5.91 Å². The highest BCUT2D eigenvalue weighted by Gasteiger charge is 2.51. The Hall–Kier alpha value is -2.83. The topological polar surface area (TPSA) is 228 Å². The summed E-state index contributed by atoms with van der Waals surface area (Å²) >= 11 is 0. The maximum absolute atomic E-state index is 13.4. The van der Waals surface area contributed by atoms with Crippen LogP contribution in [0.4, 0.5) is 0 Å². The first-order valence-electron chi connectivity index (χ1n) is 36.8. The van der Waals surface area contributed by atoms with Crippen LogP contribution in [-0.4, -0.2) is 140 Å². The Labute approximate surface area is 548 Å². The van der Waals surface area contributed by atoms with Crippen molar-refractivity contribution in [3.8, 4) is 0 Å². The second kappa shape index (κ2) is 59.9. The smallest absolute Gasteiger partial charge is 0.220 e. The Morgan fingerprint density at radius 1 is 0.411 bits per heavy atom. The van der Waals surface area contributed by atoms with Gasteiger partial charge in [0.15, 0.2) is 12.6 Å². The van der Waals surface area contributed by atoms with Gasteiger partial charge in [-0.1, -0.05) is 304 Å². The van der Waals surface area contributed by atoms with Gasteiger partial charge in [-0.3, -0.25) is 4.79 Å². The van der Waals surface area contributed by atoms with Crippen LogP contribution in [0.15, 0.2) is 85.1 Å². The fourth-order valence-electron chi connectivity index (χ4n) is 11.8. The van der Waals surface area contributed by atoms with Crippen LogP contribution >= 0.6 is 0 Å². The molecule has 12 unspecified atom stereocenters. The minimum Gasteiger partial charge on any atom is -0.394 e. The molecule has 2 fully saturated rings. The average molecular weight is 1270 g/mol. The molecule has 2 rings (SSSR count). The molecule has 14 heteroatoms. The highest BCUT2D eigenvalue weighted by molar-refractivity contribution is 5.76. The number of carbonyl (C=O) groups is 1. The molecule has 14 nitrogen and oxygen atoms in total. The van der Waals surface area contributed by atoms with Gasteiger partial charge in [0.25, 0.3) is 0 Å². The third kappa shape index (κ3) is 43.2. The summed E-state index contributed by atoms with van der Waals surface area (Å²) in [7, 11) is 0. The van der Waals surface area contributed by atoms with E-state index in [2.05, 4.69) is 92.1 Å². The van der Waals surface area contributed by atoms with Crippen LogP contribution in [0.3, 0.4) is 0 Å². The number of aliphatic hydroxyl groups is 8. The Bertz CT molecular complexity index is 1830. The summed E-state index contributed by atoms with van der Waals surface area (Å²) in [5.74, 6) is -0.238. The Balaban J connectivity index is 1.63. The van der Waals surface area contributed by atoms with Crippen molar-refractivity contribution in [1.29, 1.82) is 0 Å². The summed E-state index contributed by atoms with van der Waals surface area (Å²) in [5.41, 5.74) is 0. The standard InChI is InChI=1S/C76H135NO13/c1-3-5-7-9-11-13-15-17-19-21-23-25-26-27-28-29-30-31-32-33-34-35-36-37-38-40-42-44-46-48-50-52-54-56-58-60-68(81)77-64(65(80)59-57-55-53-51-49-47-45-43-41-39-24-22-20-18-16-14-12-10-8-6-4-2)63-87-75-73(86)71(84)74(67(62-79)89-75)90-76-72(85)70(83)69(82)66(61-78)88-76/h5,7,11,13,17,19,23,25,27-28,30-31,57,59,64-67,69-76,78-80,82-86H,3-4,6,8-10,12,14-16,18,20-22,24,26,29,32-56,58,60-63H2,1-2H3,(H,77,81)/b7-5-,13-11-,19-17-,25-23-,28-27-,31-30-,59-57+. The molecule has 0 aromatic carbocycles. The zero-order valence-corrected chi connectivity index (χ0v) is 56.9. The predicted molar refractivity (Wildman–Crippen MR) is 369 cm³/mol. The molecule has 0 aromatic rings. The minimum absolute atomic E-state index is 0.238. The third-order valence-electron chi connectivity index (χ3n) is 17.6. The summed E-state index contributed by atoms with van der Waals surface area (Å²) in [4.78, 5) is 13.4. The molecule has 0 aromatic heterocycles. The van der Waals surface area contributed by atoms with Gasteiger partial charge in [-0.25, -0.2) is 0 Å². The fraction of sp³-hybridized carbons (Fsp3) is 0.803. The summed E-state index contributed by atoms with van der Waals surface area (Å²) < 4.78 is 22.9. The predicted octanol–water partition coefficient (Wildman–Crippen LogP) is 15.6. The van der Waals surface area contributed by atoms with Crippen LogP contribution in [0.25, 0.3) is 0 Å². The van der Waals surface area contributed by atoms with Crippen molar-refractivity contribution in [1.82, 2.24) is 5.32 Å². The van der Waals surface area contributed by atoms with Gasteiger partial charge < -0.3 is 65.1 Å². The number of amides is 1. The van der Waals surface area contributed by atoms with E-state index in [0.29, 0.717) is 6.42 Å². The lowest BCUT2D eigenvalue weighted by atomic mass is 9.97. The SMILES string of the molecule is CC/C=C\C/C=C\C/C=C\C/C=C\C/C=C\C/C=C\CCCCCCCCCCCCCCCCCCC(=O)NC(COC1OC(CO)C(OC2OC(CO)C(O)C(O)C2O)C(O)C1O)C(O)/C=C/CCCCCCCCCCCCCCCCCCCCC. The van der Waals surface area contributed by atoms with Crippen LogP contribution in [0.1, 0.15) is 296 Å². The number of carbonyl (C=O) groups excluding carboxylic acids is 1. The van der Waals surface area contributed by atoms with Crippen molar-refractivity contribution in [3.05, 3.63) is 85.1 Å². The molecular formula is C76H135NO13. The quantitative estimate of drug-likeness (QED) is 0.0204. The highest BCUT2D eigenvalue weighted by atomic mass is 16.7. The lowest BCUT2D eigenvalue weighted by Crippen LogP contribution is -2.65. The maximum Gasteiger partial charge on any atom is 0.220 e. The van der Waals surface area contributed by atoms with Crippen LogP contribution in [0.2, 0.25) is 0 Å². The van der Waals surface area contributed by atoms with E-state index in [4.69, 9.17) is 18.9 Å². The molecular weight excluding hydrogens is 1130 g/mol. The van der Waals surface area contributed by atoms with Gasteiger partial charge in [-0.15, -0.1) is 0 Å². The number of ether oxygens (including phenoxy) is 4. The first-order valence-corrected chi connectivity index (χ1v) is 36.8. The average Bonchev–Trinajstić information content (AvgIpc) is 1.28. The number of unbranched alkanes of at least 4 members (excludes halogenated alkanes) is 35. The van der Waals surface area contributed by atoms with Gasteiger partial charge in [-0.2, -0.15) is 0 Å². The second-order valence-electron chi connectivity index (χ2n) is 25.7. The van der Waals surface area contributed by atoms with E-state index < -0.39 is 86.8 Å². The molecule has 0 radical (unpaired) electrons. The van der Waals surface area contributed by atoms with E-state index in [1.165, 1.54) is 193 Å². The lowest BCUT2D eigenvalue weighted by molar-refractivity contribution is -0.359. The largest absolute Gasteiger partial charge is 0.394 e. The number of allylic oxidation sites excluding steroid dienone is 13. The molecule has 1 amide bonds. The van der Waals surface area contributed by atoms with Crippen molar-refractivity contribution in [2.75, 3.05) is 19.8 Å². The maximum atomic E-state index is 13.4. The van der Waals surface area contributed by atoms with Crippen LogP contribution in [0.5, 0.6) is 0 Å². The number of hydrogen-bond acceptors (Lipinski definition) is 13. The lowest BCUT2D eigenvalue weighted by Gasteiger charge is -2.46. The van der Waals surface area contributed by atoms with E-state index in [9.17, 15) is 45.6 Å². The number of rotatable bonds is 60. The zero-order chi connectivity index (χ0) is 65.2. The molecule has 2 heterocycles. The number of aliphatic hydroxyl groups excluding tert-OH is 8. The Morgan fingerprint density at radius 3 is 1.18 bits per heavy atom. The van der Waals surface area contributed by atoms with E-state index in [-0.39, 0.29) is 18.9 Å². The summed E-state index contributed by atoms with van der Waals surface area (Å²) in [6.07, 6.45) is 66.4. The molecule has 9 N–H and O–H groups in total. The summed E-state index contributed by atoms with van der Waals surface area (Å²) in [6, 6.07) is -0.919. The Kier molecular flexibility index (Phi) is 55.4. The zero-order valence-electron chi connectivity index (χ0n) is 56.9. The van der Waals surface area contributed by atoms with Crippen LogP contribution in [0, 0.1) is 0 Å². The van der Waals surface area contributed by atoms with Gasteiger partial charge in [0, 0.05) is 6.42 Å². The molecule has 0 bridgehead atoms. The molecule has 0 aliphatic carbocycles. The number of nitrogens with one attached hydrogen (secondary N) is 1. The van der Waals surface area contributed by atoms with Crippen molar-refractivity contribution in [2.24, 2.45) is 0 Å². The molecule has 2 aliphatic heterocycles. The van der Waals surface area contributed by atoms with Gasteiger partial charge in [-0.05, 0) is 70.6 Å². The summed E-state index contributed by atoms with van der Waals surface area (Å²) in [5, 5.41) is 87.5. The van der Waals surface area contributed by atoms with Crippen LogP contribution in [-0.2, 0) is 23.7 Å².